The van der Waals surface area contributed by atoms with Crippen LogP contribution in [0, 0.1) is 0 Å². The Labute approximate surface area is 186 Å². The Balaban J connectivity index is 1.42. The molecule has 0 atom stereocenters. The van der Waals surface area contributed by atoms with Gasteiger partial charge in [0, 0.05) is 51.9 Å². The quantitative estimate of drug-likeness (QED) is 0.634. The minimum atomic E-state index is 0.0859. The Morgan fingerprint density at radius 1 is 1.16 bits per heavy atom. The molecule has 1 aliphatic carbocycles. The number of aromatic nitrogens is 2. The molecule has 3 aromatic rings. The highest BCUT2D eigenvalue weighted by atomic mass is 32.1. The number of fused-ring (bicyclic) bond motifs is 1. The number of thiophene rings is 1. The van der Waals surface area contributed by atoms with Gasteiger partial charge < -0.3 is 20.4 Å². The SMILES string of the molecule is CN(C)C(=O)c1sc2cnc(Nc3ccc(N4CCNCC4)cn3)cc2c1C1CCC1. The molecular formula is C23H28N6OS. The molecule has 3 aromatic heterocycles. The summed E-state index contributed by atoms with van der Waals surface area (Å²) in [6, 6.07) is 6.19. The first kappa shape index (κ1) is 20.2. The van der Waals surface area contributed by atoms with Crippen LogP contribution in [0.3, 0.4) is 0 Å². The third-order valence-corrected chi connectivity index (χ3v) is 7.36. The van der Waals surface area contributed by atoms with Crippen LogP contribution in [0.25, 0.3) is 10.1 Å². The second-order valence-corrected chi connectivity index (χ2v) is 9.55. The van der Waals surface area contributed by atoms with E-state index >= 15 is 0 Å². The smallest absolute Gasteiger partial charge is 0.263 e. The van der Waals surface area contributed by atoms with E-state index in [4.69, 9.17) is 0 Å². The number of carbonyl (C=O) groups excluding carboxylic acids is 1. The normalized spacial score (nSPS) is 16.9. The molecule has 7 nitrogen and oxygen atoms in total. The standard InChI is InChI=1S/C23H28N6OS/c1-28(2)23(30)22-21(15-4-3-5-15)17-12-20(26-14-18(17)31-22)27-19-7-6-16(13-25-19)29-10-8-24-9-11-29/h6-7,12-15,24H,3-5,8-11H2,1-2H3,(H,25,26,27). The lowest BCUT2D eigenvalue weighted by Gasteiger charge is -2.29. The molecule has 1 aliphatic heterocycles. The van der Waals surface area contributed by atoms with E-state index in [1.807, 2.05) is 32.6 Å². The van der Waals surface area contributed by atoms with Crippen LogP contribution in [0.1, 0.15) is 40.4 Å². The zero-order valence-corrected chi connectivity index (χ0v) is 18.8. The maximum atomic E-state index is 12.8. The number of anilines is 3. The Hall–Kier alpha value is -2.71. The van der Waals surface area contributed by atoms with Crippen LogP contribution in [0.15, 0.2) is 30.6 Å². The summed E-state index contributed by atoms with van der Waals surface area (Å²) in [4.78, 5) is 26.9. The summed E-state index contributed by atoms with van der Waals surface area (Å²) in [5, 5.41) is 7.87. The van der Waals surface area contributed by atoms with Crippen molar-refractivity contribution in [1.82, 2.24) is 20.2 Å². The highest BCUT2D eigenvalue weighted by molar-refractivity contribution is 7.21. The molecule has 162 valence electrons. The number of amides is 1. The third-order valence-electron chi connectivity index (χ3n) is 6.21. The molecule has 31 heavy (non-hydrogen) atoms. The number of piperazine rings is 1. The lowest BCUT2D eigenvalue weighted by Crippen LogP contribution is -2.43. The third kappa shape index (κ3) is 3.97. The van der Waals surface area contributed by atoms with Crippen molar-refractivity contribution >= 4 is 44.7 Å². The molecule has 0 radical (unpaired) electrons. The number of hydrogen-bond acceptors (Lipinski definition) is 7. The second kappa shape index (κ2) is 8.43. The van der Waals surface area contributed by atoms with E-state index in [1.165, 1.54) is 12.0 Å². The second-order valence-electron chi connectivity index (χ2n) is 8.50. The molecule has 5 rings (SSSR count). The minimum Gasteiger partial charge on any atom is -0.368 e. The summed E-state index contributed by atoms with van der Waals surface area (Å²) < 4.78 is 1.07. The monoisotopic (exact) mass is 436 g/mol. The van der Waals surface area contributed by atoms with Crippen LogP contribution in [0.5, 0.6) is 0 Å². The number of nitrogens with one attached hydrogen (secondary N) is 2. The van der Waals surface area contributed by atoms with Gasteiger partial charge in [-0.05, 0) is 42.5 Å². The topological polar surface area (TPSA) is 73.4 Å². The molecule has 2 aliphatic rings. The van der Waals surface area contributed by atoms with Crippen LogP contribution >= 0.6 is 11.3 Å². The molecule has 1 saturated carbocycles. The van der Waals surface area contributed by atoms with Gasteiger partial charge in [0.2, 0.25) is 0 Å². The average Bonchev–Trinajstić information content (AvgIpc) is 3.11. The summed E-state index contributed by atoms with van der Waals surface area (Å²) in [7, 11) is 3.64. The summed E-state index contributed by atoms with van der Waals surface area (Å²) in [5.74, 6) is 2.09. The molecule has 4 heterocycles. The maximum absolute atomic E-state index is 12.8. The van der Waals surface area contributed by atoms with Crippen molar-refractivity contribution in [1.29, 1.82) is 0 Å². The Morgan fingerprint density at radius 2 is 1.94 bits per heavy atom. The van der Waals surface area contributed by atoms with Crippen molar-refractivity contribution in [3.05, 3.63) is 41.0 Å². The zero-order chi connectivity index (χ0) is 21.4. The minimum absolute atomic E-state index is 0.0859. The van der Waals surface area contributed by atoms with Crippen molar-refractivity contribution < 1.29 is 4.79 Å². The molecule has 2 N–H and O–H groups in total. The first-order valence-corrected chi connectivity index (χ1v) is 11.7. The predicted molar refractivity (Wildman–Crippen MR) is 127 cm³/mol. The van der Waals surface area contributed by atoms with E-state index in [0.29, 0.717) is 5.92 Å². The van der Waals surface area contributed by atoms with Crippen molar-refractivity contribution in [3.63, 3.8) is 0 Å². The first-order chi connectivity index (χ1) is 15.1. The number of hydrogen-bond donors (Lipinski definition) is 2. The molecule has 1 amide bonds. The van der Waals surface area contributed by atoms with Gasteiger partial charge in [-0.25, -0.2) is 9.97 Å². The zero-order valence-electron chi connectivity index (χ0n) is 18.0. The van der Waals surface area contributed by atoms with E-state index in [1.54, 1.807) is 16.2 Å². The van der Waals surface area contributed by atoms with Gasteiger partial charge in [-0.1, -0.05) is 6.42 Å². The fraction of sp³-hybridized carbons (Fsp3) is 0.435. The fourth-order valence-corrected chi connectivity index (χ4v) is 5.52. The van der Waals surface area contributed by atoms with Gasteiger partial charge in [-0.15, -0.1) is 11.3 Å². The van der Waals surface area contributed by atoms with Gasteiger partial charge in [0.05, 0.1) is 21.5 Å². The summed E-state index contributed by atoms with van der Waals surface area (Å²) in [5.41, 5.74) is 2.35. The molecule has 8 heteroatoms. The van der Waals surface area contributed by atoms with Crippen LogP contribution in [-0.2, 0) is 0 Å². The molecular weight excluding hydrogens is 408 g/mol. The van der Waals surface area contributed by atoms with Crippen LogP contribution < -0.4 is 15.5 Å². The van der Waals surface area contributed by atoms with Gasteiger partial charge in [0.1, 0.15) is 11.6 Å². The van der Waals surface area contributed by atoms with E-state index < -0.39 is 0 Å². The van der Waals surface area contributed by atoms with Gasteiger partial charge >= 0.3 is 0 Å². The predicted octanol–water partition coefficient (Wildman–Crippen LogP) is 3.81. The van der Waals surface area contributed by atoms with Crippen molar-refractivity contribution in [2.24, 2.45) is 0 Å². The number of rotatable bonds is 5. The summed E-state index contributed by atoms with van der Waals surface area (Å²) in [6.07, 6.45) is 7.34. The maximum Gasteiger partial charge on any atom is 0.263 e. The lowest BCUT2D eigenvalue weighted by atomic mass is 9.79. The summed E-state index contributed by atoms with van der Waals surface area (Å²) >= 11 is 1.56. The highest BCUT2D eigenvalue weighted by Crippen LogP contribution is 2.45. The van der Waals surface area contributed by atoms with Crippen molar-refractivity contribution in [2.45, 2.75) is 25.2 Å². The van der Waals surface area contributed by atoms with Crippen LogP contribution in [0.4, 0.5) is 17.3 Å². The Kier molecular flexibility index (Phi) is 5.50. The average molecular weight is 437 g/mol. The Bertz CT molecular complexity index is 1080. The van der Waals surface area contributed by atoms with Crippen LogP contribution in [0.2, 0.25) is 0 Å². The van der Waals surface area contributed by atoms with Crippen molar-refractivity contribution in [2.75, 3.05) is 50.5 Å². The summed E-state index contributed by atoms with van der Waals surface area (Å²) in [6.45, 7) is 4.02. The lowest BCUT2D eigenvalue weighted by molar-refractivity contribution is 0.0830. The molecule has 2 fully saturated rings. The number of carbonyl (C=O) groups is 1. The number of nitrogens with zero attached hydrogens (tertiary/aromatic N) is 4. The number of pyridine rings is 2. The molecule has 0 spiro atoms. The van der Waals surface area contributed by atoms with Crippen molar-refractivity contribution in [3.8, 4) is 0 Å². The van der Waals surface area contributed by atoms with Gasteiger partial charge in [0.15, 0.2) is 0 Å². The molecule has 0 bridgehead atoms. The van der Waals surface area contributed by atoms with Gasteiger partial charge in [0.25, 0.3) is 5.91 Å². The molecule has 0 unspecified atom stereocenters. The first-order valence-electron chi connectivity index (χ1n) is 10.9. The fourth-order valence-electron chi connectivity index (χ4n) is 4.26. The Morgan fingerprint density at radius 3 is 2.58 bits per heavy atom. The molecule has 1 saturated heterocycles. The van der Waals surface area contributed by atoms with E-state index in [0.717, 1.165) is 71.3 Å². The molecule has 0 aromatic carbocycles. The van der Waals surface area contributed by atoms with Crippen LogP contribution in [-0.4, -0.2) is 61.0 Å². The van der Waals surface area contributed by atoms with E-state index in [-0.39, 0.29) is 5.91 Å². The van der Waals surface area contributed by atoms with Gasteiger partial charge in [-0.2, -0.15) is 0 Å². The van der Waals surface area contributed by atoms with Gasteiger partial charge in [-0.3, -0.25) is 4.79 Å². The highest BCUT2D eigenvalue weighted by Gasteiger charge is 2.29. The van der Waals surface area contributed by atoms with E-state index in [2.05, 4.69) is 37.6 Å². The largest absolute Gasteiger partial charge is 0.368 e. The van der Waals surface area contributed by atoms with E-state index in [9.17, 15) is 4.79 Å².